The van der Waals surface area contributed by atoms with Crippen molar-refractivity contribution in [3.63, 3.8) is 0 Å². The van der Waals surface area contributed by atoms with E-state index in [9.17, 15) is 9.59 Å². The number of piperidine rings is 1. The Bertz CT molecular complexity index is 537. The van der Waals surface area contributed by atoms with Crippen LogP contribution in [0, 0.1) is 0 Å². The molecule has 0 spiro atoms. The molecule has 1 aromatic carbocycles. The van der Waals surface area contributed by atoms with Crippen LogP contribution < -0.4 is 5.32 Å². The predicted octanol–water partition coefficient (Wildman–Crippen LogP) is 2.99. The number of aliphatic carboxylic acids is 1. The van der Waals surface area contributed by atoms with Gasteiger partial charge >= 0.3 is 12.0 Å². The lowest BCUT2D eigenvalue weighted by molar-refractivity contribution is -0.136. The van der Waals surface area contributed by atoms with E-state index < -0.39 is 5.97 Å². The maximum absolute atomic E-state index is 12.0. The predicted molar refractivity (Wildman–Crippen MR) is 88.0 cm³/mol. The van der Waals surface area contributed by atoms with Gasteiger partial charge in [0.15, 0.2) is 0 Å². The molecule has 0 saturated carbocycles. The summed E-state index contributed by atoms with van der Waals surface area (Å²) in [5.74, 6) is -0.901. The van der Waals surface area contributed by atoms with Gasteiger partial charge in [-0.05, 0) is 36.0 Å². The van der Waals surface area contributed by atoms with Crippen molar-refractivity contribution < 1.29 is 14.7 Å². The first-order chi connectivity index (χ1) is 10.4. The maximum Gasteiger partial charge on any atom is 0.317 e. The zero-order valence-corrected chi connectivity index (χ0v) is 14.2. The second-order valence-electron chi connectivity index (χ2n) is 5.93. The molecule has 22 heavy (non-hydrogen) atoms. The lowest BCUT2D eigenvalue weighted by atomic mass is 9.74. The van der Waals surface area contributed by atoms with Crippen LogP contribution in [-0.2, 0) is 10.2 Å². The molecule has 0 bridgehead atoms. The summed E-state index contributed by atoms with van der Waals surface area (Å²) in [6.45, 7) is 3.78. The molecule has 0 aliphatic carbocycles. The lowest BCUT2D eigenvalue weighted by Crippen LogP contribution is -2.48. The van der Waals surface area contributed by atoms with E-state index in [-0.39, 0.29) is 24.4 Å². The number of halogens is 1. The number of hydrogen-bond donors (Lipinski definition) is 2. The monoisotopic (exact) mass is 368 g/mol. The van der Waals surface area contributed by atoms with Crippen LogP contribution >= 0.6 is 15.9 Å². The quantitative estimate of drug-likeness (QED) is 0.857. The number of nitrogens with zero attached hydrogens (tertiary/aromatic N) is 1. The smallest absolute Gasteiger partial charge is 0.317 e. The van der Waals surface area contributed by atoms with Gasteiger partial charge in [-0.3, -0.25) is 4.79 Å². The fourth-order valence-corrected chi connectivity index (χ4v) is 3.00. The van der Waals surface area contributed by atoms with Crippen molar-refractivity contribution in [2.24, 2.45) is 0 Å². The number of amides is 2. The van der Waals surface area contributed by atoms with Crippen molar-refractivity contribution in [2.45, 2.75) is 31.6 Å². The van der Waals surface area contributed by atoms with Gasteiger partial charge < -0.3 is 15.3 Å². The minimum absolute atomic E-state index is 0.0454. The third-order valence-corrected chi connectivity index (χ3v) is 4.84. The van der Waals surface area contributed by atoms with Crippen LogP contribution in [0.3, 0.4) is 0 Å². The molecule has 2 N–H and O–H groups in total. The Morgan fingerprint density at radius 2 is 1.86 bits per heavy atom. The summed E-state index contributed by atoms with van der Waals surface area (Å²) < 4.78 is 1.06. The normalized spacial score (nSPS) is 17.1. The molecule has 1 saturated heterocycles. The Morgan fingerprint density at radius 1 is 1.27 bits per heavy atom. The largest absolute Gasteiger partial charge is 0.481 e. The summed E-state index contributed by atoms with van der Waals surface area (Å²) in [4.78, 5) is 24.2. The summed E-state index contributed by atoms with van der Waals surface area (Å²) in [5, 5.41) is 11.2. The van der Waals surface area contributed by atoms with Gasteiger partial charge in [0.05, 0.1) is 6.42 Å². The number of rotatable bonds is 4. The average Bonchev–Trinajstić information content (AvgIpc) is 2.48. The minimum Gasteiger partial charge on any atom is -0.481 e. The number of carbonyl (C=O) groups is 2. The van der Waals surface area contributed by atoms with Crippen LogP contribution in [0.1, 0.15) is 31.7 Å². The Balaban J connectivity index is 1.88. The highest BCUT2D eigenvalue weighted by molar-refractivity contribution is 9.10. The Labute approximate surface area is 138 Å². The maximum atomic E-state index is 12.0. The van der Waals surface area contributed by atoms with Gasteiger partial charge in [-0.2, -0.15) is 0 Å². The molecule has 2 rings (SSSR count). The molecule has 0 radical (unpaired) electrons. The average molecular weight is 369 g/mol. The molecule has 2 amide bonds. The molecule has 1 aliphatic rings. The van der Waals surface area contributed by atoms with Gasteiger partial charge in [-0.15, -0.1) is 0 Å². The number of carboxylic acid groups (broad SMARTS) is 1. The number of likely N-dealkylation sites (tertiary alicyclic amines) is 1. The second kappa shape index (κ2) is 7.13. The number of carboxylic acids is 1. The number of carbonyl (C=O) groups excluding carboxylic acids is 1. The lowest BCUT2D eigenvalue weighted by Gasteiger charge is -2.39. The van der Waals surface area contributed by atoms with Crippen LogP contribution in [-0.4, -0.2) is 41.6 Å². The first-order valence-electron chi connectivity index (χ1n) is 7.41. The van der Waals surface area contributed by atoms with Crippen molar-refractivity contribution in [3.05, 3.63) is 34.3 Å². The third kappa shape index (κ3) is 4.22. The zero-order chi connectivity index (χ0) is 16.2. The highest BCUT2D eigenvalue weighted by atomic mass is 79.9. The van der Waals surface area contributed by atoms with E-state index in [4.69, 9.17) is 5.11 Å². The summed E-state index contributed by atoms with van der Waals surface area (Å²) in [6, 6.07) is 8.19. The van der Waals surface area contributed by atoms with Crippen LogP contribution in [0.2, 0.25) is 0 Å². The van der Waals surface area contributed by atoms with E-state index in [1.807, 2.05) is 12.1 Å². The molecule has 0 unspecified atom stereocenters. The van der Waals surface area contributed by atoms with Crippen LogP contribution in [0.4, 0.5) is 4.79 Å². The molecule has 6 heteroatoms. The van der Waals surface area contributed by atoms with Crippen LogP contribution in [0.15, 0.2) is 28.7 Å². The summed E-state index contributed by atoms with van der Waals surface area (Å²) in [6.07, 6.45) is 1.76. The zero-order valence-electron chi connectivity index (χ0n) is 12.6. The number of hydrogen-bond acceptors (Lipinski definition) is 2. The van der Waals surface area contributed by atoms with E-state index >= 15 is 0 Å². The fraction of sp³-hybridized carbons (Fsp3) is 0.500. The highest BCUT2D eigenvalue weighted by Gasteiger charge is 2.33. The van der Waals surface area contributed by atoms with E-state index in [0.717, 1.165) is 17.3 Å². The van der Waals surface area contributed by atoms with Gasteiger partial charge in [-0.25, -0.2) is 4.79 Å². The van der Waals surface area contributed by atoms with E-state index in [2.05, 4.69) is 40.3 Å². The van der Waals surface area contributed by atoms with Crippen molar-refractivity contribution in [3.8, 4) is 0 Å². The topological polar surface area (TPSA) is 69.6 Å². The van der Waals surface area contributed by atoms with E-state index in [0.29, 0.717) is 13.1 Å². The van der Waals surface area contributed by atoms with Crippen LogP contribution in [0.25, 0.3) is 0 Å². The first-order valence-corrected chi connectivity index (χ1v) is 8.21. The third-order valence-electron chi connectivity index (χ3n) is 4.31. The molecule has 1 heterocycles. The molecule has 0 atom stereocenters. The molecule has 1 aromatic rings. The molecule has 1 aliphatic heterocycles. The number of benzene rings is 1. The summed E-state index contributed by atoms with van der Waals surface area (Å²) in [5.41, 5.74) is 1.38. The second-order valence-corrected chi connectivity index (χ2v) is 6.85. The van der Waals surface area contributed by atoms with Gasteiger partial charge in [0.1, 0.15) is 0 Å². The standard InChI is InChI=1S/C16H21BrN2O3/c1-16(12-2-4-13(17)5-3-12)7-10-19(11-8-16)15(22)18-9-6-14(20)21/h2-5H,6-11H2,1H3,(H,18,22)(H,20,21). The number of nitrogens with one attached hydrogen (secondary N) is 1. The Kier molecular flexibility index (Phi) is 5.45. The SMILES string of the molecule is CC1(c2ccc(Br)cc2)CCN(C(=O)NCCC(=O)O)CC1. The minimum atomic E-state index is -0.901. The molecule has 0 aromatic heterocycles. The molecule has 1 fully saturated rings. The highest BCUT2D eigenvalue weighted by Crippen LogP contribution is 2.35. The molecule has 5 nitrogen and oxygen atoms in total. The fourth-order valence-electron chi connectivity index (χ4n) is 2.73. The molecular weight excluding hydrogens is 348 g/mol. The number of urea groups is 1. The Morgan fingerprint density at radius 3 is 2.41 bits per heavy atom. The first kappa shape index (κ1) is 16.8. The van der Waals surface area contributed by atoms with Crippen LogP contribution in [0.5, 0.6) is 0 Å². The van der Waals surface area contributed by atoms with E-state index in [1.165, 1.54) is 5.56 Å². The molecular formula is C16H21BrN2O3. The molecule has 120 valence electrons. The van der Waals surface area contributed by atoms with Crippen molar-refractivity contribution >= 4 is 27.9 Å². The van der Waals surface area contributed by atoms with E-state index in [1.54, 1.807) is 4.90 Å². The summed E-state index contributed by atoms with van der Waals surface area (Å²) in [7, 11) is 0. The van der Waals surface area contributed by atoms with Gasteiger partial charge in [0.2, 0.25) is 0 Å². The van der Waals surface area contributed by atoms with Crippen molar-refractivity contribution in [1.29, 1.82) is 0 Å². The van der Waals surface area contributed by atoms with Gasteiger partial charge in [0, 0.05) is 24.1 Å². The van der Waals surface area contributed by atoms with Gasteiger partial charge in [0.25, 0.3) is 0 Å². The van der Waals surface area contributed by atoms with Gasteiger partial charge in [-0.1, -0.05) is 35.0 Å². The Hall–Kier alpha value is -1.56. The summed E-state index contributed by atoms with van der Waals surface area (Å²) >= 11 is 3.45. The van der Waals surface area contributed by atoms with Crippen molar-refractivity contribution in [1.82, 2.24) is 10.2 Å². The van der Waals surface area contributed by atoms with Crippen molar-refractivity contribution in [2.75, 3.05) is 19.6 Å².